The zero-order chi connectivity index (χ0) is 32.4. The number of rotatable bonds is 6. The third-order valence-corrected chi connectivity index (χ3v) is 8.12. The van der Waals surface area contributed by atoms with E-state index >= 15 is 8.78 Å². The van der Waals surface area contributed by atoms with E-state index in [9.17, 15) is 32.7 Å². The lowest BCUT2D eigenvalue weighted by Gasteiger charge is -2.54. The Morgan fingerprint density at radius 2 is 1.61 bits per heavy atom. The lowest BCUT2D eigenvalue weighted by molar-refractivity contribution is -0.132. The number of hydrogen-bond donors (Lipinski definition) is 3. The van der Waals surface area contributed by atoms with E-state index in [2.05, 4.69) is 10.4 Å². The number of aromatic nitrogens is 3. The molecule has 3 N–H and O–H groups in total. The maximum absolute atomic E-state index is 15.6. The number of hydrogen-bond acceptors (Lipinski definition) is 6. The third kappa shape index (κ3) is 6.27. The number of carbonyl (C=O) groups is 1. The first kappa shape index (κ1) is 31.8. The van der Waals surface area contributed by atoms with Crippen LogP contribution in [-0.4, -0.2) is 48.3 Å². The van der Waals surface area contributed by atoms with Crippen LogP contribution in [0.1, 0.15) is 68.4 Å². The molecule has 2 aliphatic carbocycles. The van der Waals surface area contributed by atoms with Crippen molar-refractivity contribution in [2.45, 2.75) is 74.9 Å². The SMILES string of the molecule is CC1(F)CC2(F)CC(F)(C1)CC(C)(NC(=O)c1cc(Oc3c(Cl)cc(-n4nc(C(F)F)c(=O)[nH]c4=O)cc3Cl)ccc1O)C2. The number of nitrogens with one attached hydrogen (secondary N) is 2. The molecular formula is C28H25Cl2F5N4O5. The van der Waals surface area contributed by atoms with E-state index in [0.29, 0.717) is 4.68 Å². The van der Waals surface area contributed by atoms with Crippen molar-refractivity contribution in [3.05, 3.63) is 72.5 Å². The van der Waals surface area contributed by atoms with Gasteiger partial charge in [-0.2, -0.15) is 9.78 Å². The highest BCUT2D eigenvalue weighted by atomic mass is 35.5. The molecule has 2 aliphatic rings. The fourth-order valence-electron chi connectivity index (χ4n) is 6.59. The van der Waals surface area contributed by atoms with Crippen LogP contribution in [0.5, 0.6) is 17.2 Å². The van der Waals surface area contributed by atoms with Gasteiger partial charge in [-0.1, -0.05) is 23.2 Å². The summed E-state index contributed by atoms with van der Waals surface area (Å²) in [5, 5.41) is 15.9. The van der Waals surface area contributed by atoms with E-state index in [1.807, 2.05) is 0 Å². The van der Waals surface area contributed by atoms with Gasteiger partial charge in [-0.05, 0) is 44.2 Å². The summed E-state index contributed by atoms with van der Waals surface area (Å²) in [6.07, 6.45) is -5.43. The second kappa shape index (κ2) is 10.8. The van der Waals surface area contributed by atoms with Gasteiger partial charge in [0.2, 0.25) is 0 Å². The van der Waals surface area contributed by atoms with Crippen molar-refractivity contribution in [1.82, 2.24) is 20.1 Å². The normalized spacial score (nSPS) is 28.1. The molecule has 1 amide bonds. The lowest BCUT2D eigenvalue weighted by Crippen LogP contribution is -2.64. The van der Waals surface area contributed by atoms with Crippen molar-refractivity contribution < 1.29 is 36.6 Å². The molecule has 2 fully saturated rings. The number of alkyl halides is 5. The minimum atomic E-state index is -3.28. The number of amides is 1. The number of carbonyl (C=O) groups excluding carboxylic acids is 1. The van der Waals surface area contributed by atoms with Gasteiger partial charge in [0, 0.05) is 37.6 Å². The van der Waals surface area contributed by atoms with Crippen LogP contribution in [0.2, 0.25) is 10.0 Å². The summed E-state index contributed by atoms with van der Waals surface area (Å²) >= 11 is 12.6. The first-order chi connectivity index (χ1) is 20.3. The number of fused-ring (bicyclic) bond motifs is 2. The van der Waals surface area contributed by atoms with Gasteiger partial charge < -0.3 is 15.2 Å². The first-order valence-electron chi connectivity index (χ1n) is 13.2. The minimum absolute atomic E-state index is 0.0633. The molecule has 0 radical (unpaired) electrons. The van der Waals surface area contributed by atoms with Gasteiger partial charge in [-0.3, -0.25) is 14.6 Å². The van der Waals surface area contributed by atoms with Crippen molar-refractivity contribution in [2.24, 2.45) is 0 Å². The minimum Gasteiger partial charge on any atom is -0.507 e. The standard InChI is InChI=1S/C28H25Cl2F5N4O5/c1-25(33)8-27(34)10-26(2,11-28(35,9-25)12-27)37-22(41)15-7-14(3-4-18(15)40)44-20-16(29)5-13(6-17(20)30)39-24(43)36-23(42)19(38-39)21(31)32/h3-7,21,40H,8-12H2,1-2H3,(H,37,41)(H,36,42,43). The van der Waals surface area contributed by atoms with E-state index in [4.69, 9.17) is 27.9 Å². The largest absolute Gasteiger partial charge is 0.507 e. The Morgan fingerprint density at radius 1 is 1.02 bits per heavy atom. The molecular weight excluding hydrogens is 638 g/mol. The Hall–Kier alpha value is -3.65. The van der Waals surface area contributed by atoms with E-state index in [1.54, 1.807) is 4.98 Å². The highest BCUT2D eigenvalue weighted by molar-refractivity contribution is 6.37. The zero-order valence-corrected chi connectivity index (χ0v) is 24.6. The second-order valence-corrected chi connectivity index (χ2v) is 12.8. The summed E-state index contributed by atoms with van der Waals surface area (Å²) in [5.41, 5.74) is -12.0. The van der Waals surface area contributed by atoms with E-state index < -0.39 is 76.8 Å². The van der Waals surface area contributed by atoms with Crippen LogP contribution in [0.3, 0.4) is 0 Å². The van der Waals surface area contributed by atoms with Gasteiger partial charge in [-0.25, -0.2) is 26.7 Å². The maximum Gasteiger partial charge on any atom is 0.349 e. The molecule has 1 heterocycles. The molecule has 1 aromatic heterocycles. The molecule has 9 nitrogen and oxygen atoms in total. The van der Waals surface area contributed by atoms with Crippen LogP contribution >= 0.6 is 23.2 Å². The summed E-state index contributed by atoms with van der Waals surface area (Å²) in [6.45, 7) is 2.62. The molecule has 0 saturated heterocycles. The third-order valence-electron chi connectivity index (χ3n) is 7.55. The predicted octanol–water partition coefficient (Wildman–Crippen LogP) is 6.27. The summed E-state index contributed by atoms with van der Waals surface area (Å²) in [4.78, 5) is 38.8. The molecule has 44 heavy (non-hydrogen) atoms. The molecule has 3 aromatic rings. The topological polar surface area (TPSA) is 126 Å². The molecule has 2 aromatic carbocycles. The molecule has 2 atom stereocenters. The van der Waals surface area contributed by atoms with E-state index in [1.165, 1.54) is 13.0 Å². The summed E-state index contributed by atoms with van der Waals surface area (Å²) in [7, 11) is 0. The smallest absolute Gasteiger partial charge is 0.349 e. The van der Waals surface area contributed by atoms with Gasteiger partial charge in [0.15, 0.2) is 11.4 Å². The number of phenols is 1. The van der Waals surface area contributed by atoms with Crippen LogP contribution in [0.15, 0.2) is 39.9 Å². The highest BCUT2D eigenvalue weighted by Gasteiger charge is 2.62. The Morgan fingerprint density at radius 3 is 2.18 bits per heavy atom. The van der Waals surface area contributed by atoms with Crippen LogP contribution < -0.4 is 21.3 Å². The average molecular weight is 663 g/mol. The fourth-order valence-corrected chi connectivity index (χ4v) is 7.15. The average Bonchev–Trinajstić information content (AvgIpc) is 2.83. The maximum atomic E-state index is 15.6. The summed E-state index contributed by atoms with van der Waals surface area (Å²) < 4.78 is 78.3. The van der Waals surface area contributed by atoms with Crippen molar-refractivity contribution in [3.8, 4) is 22.9 Å². The Bertz CT molecular complexity index is 1730. The summed E-state index contributed by atoms with van der Waals surface area (Å²) in [6, 6.07) is 5.70. The number of benzene rings is 2. The van der Waals surface area contributed by atoms with Crippen molar-refractivity contribution in [3.63, 3.8) is 0 Å². The Labute approximate surface area is 255 Å². The highest BCUT2D eigenvalue weighted by Crippen LogP contribution is 2.57. The fraction of sp³-hybridized carbons (Fsp3) is 0.429. The Kier molecular flexibility index (Phi) is 7.77. The zero-order valence-electron chi connectivity index (χ0n) is 23.1. The van der Waals surface area contributed by atoms with Gasteiger partial charge in [0.05, 0.1) is 21.3 Å². The van der Waals surface area contributed by atoms with Gasteiger partial charge >= 0.3 is 5.69 Å². The first-order valence-corrected chi connectivity index (χ1v) is 14.0. The lowest BCUT2D eigenvalue weighted by atomic mass is 9.58. The molecule has 2 bridgehead atoms. The molecule has 0 aliphatic heterocycles. The monoisotopic (exact) mass is 662 g/mol. The van der Waals surface area contributed by atoms with Crippen LogP contribution in [0.25, 0.3) is 5.69 Å². The quantitative estimate of drug-likeness (QED) is 0.267. The number of nitrogens with zero attached hydrogens (tertiary/aromatic N) is 2. The molecule has 2 saturated carbocycles. The predicted molar refractivity (Wildman–Crippen MR) is 150 cm³/mol. The molecule has 5 rings (SSSR count). The van der Waals surface area contributed by atoms with Crippen molar-refractivity contribution in [1.29, 1.82) is 0 Å². The van der Waals surface area contributed by atoms with E-state index in [0.717, 1.165) is 31.2 Å². The van der Waals surface area contributed by atoms with Gasteiger partial charge in [0.25, 0.3) is 17.9 Å². The van der Waals surface area contributed by atoms with Crippen molar-refractivity contribution >= 4 is 29.1 Å². The summed E-state index contributed by atoms with van der Waals surface area (Å²) in [5.74, 6) is -1.62. The molecule has 16 heteroatoms. The Balaban J connectivity index is 1.39. The molecule has 2 unspecified atom stereocenters. The number of aromatic amines is 1. The van der Waals surface area contributed by atoms with Crippen LogP contribution in [0.4, 0.5) is 22.0 Å². The number of aromatic hydroxyl groups is 1. The van der Waals surface area contributed by atoms with Crippen LogP contribution in [-0.2, 0) is 0 Å². The van der Waals surface area contributed by atoms with Gasteiger partial charge in [0.1, 0.15) is 28.5 Å². The number of ether oxygens (including phenoxy) is 1. The molecule has 236 valence electrons. The van der Waals surface area contributed by atoms with E-state index in [-0.39, 0.29) is 45.6 Å². The van der Waals surface area contributed by atoms with Gasteiger partial charge in [-0.15, -0.1) is 0 Å². The van der Waals surface area contributed by atoms with Crippen molar-refractivity contribution in [2.75, 3.05) is 0 Å². The van der Waals surface area contributed by atoms with Crippen LogP contribution in [0, 0.1) is 0 Å². The second-order valence-electron chi connectivity index (χ2n) is 12.0. The number of H-pyrrole nitrogens is 1. The number of halogens is 7. The number of phenolic OH excluding ortho intramolecular Hbond substituents is 1. The molecule has 0 spiro atoms.